The lowest BCUT2D eigenvalue weighted by Gasteiger charge is -2.21. The van der Waals surface area contributed by atoms with E-state index in [1.165, 1.54) is 17.0 Å². The van der Waals surface area contributed by atoms with E-state index in [0.29, 0.717) is 0 Å². The van der Waals surface area contributed by atoms with E-state index >= 15 is 0 Å². The highest BCUT2D eigenvalue weighted by molar-refractivity contribution is 6.26. The van der Waals surface area contributed by atoms with Gasteiger partial charge in [0.2, 0.25) is 5.78 Å². The Labute approximate surface area is 97.6 Å². The summed E-state index contributed by atoms with van der Waals surface area (Å²) in [5, 5.41) is 19.2. The predicted octanol–water partition coefficient (Wildman–Crippen LogP) is 0.922. The molecule has 0 amide bonds. The van der Waals surface area contributed by atoms with Crippen LogP contribution in [0.3, 0.4) is 0 Å². The van der Waals surface area contributed by atoms with Crippen LogP contribution in [-0.4, -0.2) is 40.8 Å². The number of allylic oxidation sites excluding steroid dienone is 2. The molecule has 0 radical (unpaired) electrons. The van der Waals surface area contributed by atoms with Crippen molar-refractivity contribution in [3.63, 3.8) is 0 Å². The molecule has 0 unspecified atom stereocenters. The van der Waals surface area contributed by atoms with Crippen LogP contribution in [0.4, 0.5) is 0 Å². The first-order valence-electron chi connectivity index (χ1n) is 4.96. The summed E-state index contributed by atoms with van der Waals surface area (Å²) in [6.07, 6.45) is 1.16. The summed E-state index contributed by atoms with van der Waals surface area (Å²) in [5.41, 5.74) is -0.0924. The Morgan fingerprint density at radius 3 is 2.06 bits per heavy atom. The second-order valence-corrected chi connectivity index (χ2v) is 3.97. The van der Waals surface area contributed by atoms with Crippen molar-refractivity contribution in [2.75, 3.05) is 14.1 Å². The molecule has 2 rings (SSSR count). The van der Waals surface area contributed by atoms with E-state index in [1.807, 2.05) is 0 Å². The van der Waals surface area contributed by atoms with Gasteiger partial charge in [0.1, 0.15) is 11.5 Å². The van der Waals surface area contributed by atoms with E-state index in [-0.39, 0.29) is 28.3 Å². The van der Waals surface area contributed by atoms with Crippen molar-refractivity contribution < 1.29 is 19.8 Å². The van der Waals surface area contributed by atoms with Gasteiger partial charge < -0.3 is 15.1 Å². The number of fused-ring (bicyclic) bond motifs is 1. The van der Waals surface area contributed by atoms with Crippen LogP contribution < -0.4 is 0 Å². The molecule has 0 saturated carbocycles. The van der Waals surface area contributed by atoms with E-state index in [1.54, 1.807) is 14.1 Å². The Morgan fingerprint density at radius 2 is 1.53 bits per heavy atom. The molecule has 0 spiro atoms. The van der Waals surface area contributed by atoms with Crippen molar-refractivity contribution in [2.45, 2.75) is 0 Å². The summed E-state index contributed by atoms with van der Waals surface area (Å²) >= 11 is 0. The van der Waals surface area contributed by atoms with Crippen LogP contribution in [0.5, 0.6) is 11.5 Å². The van der Waals surface area contributed by atoms with Crippen molar-refractivity contribution in [2.24, 2.45) is 0 Å². The summed E-state index contributed by atoms with van der Waals surface area (Å²) in [7, 11) is 3.25. The quantitative estimate of drug-likeness (QED) is 0.705. The number of Topliss-reactive ketones (excluding diaryl/α,β-unsaturated/α-hetero) is 1. The third-order valence-electron chi connectivity index (χ3n) is 2.62. The lowest BCUT2D eigenvalue weighted by Crippen LogP contribution is -2.26. The maximum atomic E-state index is 12.0. The van der Waals surface area contributed by atoms with Crippen LogP contribution in [0.2, 0.25) is 0 Å². The van der Waals surface area contributed by atoms with Crippen LogP contribution in [-0.2, 0) is 0 Å². The molecule has 0 aliphatic heterocycles. The second kappa shape index (κ2) is 3.62. The first-order chi connectivity index (χ1) is 7.93. The van der Waals surface area contributed by atoms with E-state index in [9.17, 15) is 19.8 Å². The SMILES string of the molecule is CN(C)C1=CC(=O)c2c(O)ccc(O)c2C1=O. The van der Waals surface area contributed by atoms with E-state index in [2.05, 4.69) is 0 Å². The Kier molecular flexibility index (Phi) is 2.38. The molecule has 1 aliphatic rings. The number of phenols is 2. The van der Waals surface area contributed by atoms with Gasteiger partial charge in [-0.1, -0.05) is 0 Å². The van der Waals surface area contributed by atoms with Gasteiger partial charge in [0, 0.05) is 20.2 Å². The molecule has 17 heavy (non-hydrogen) atoms. The van der Waals surface area contributed by atoms with E-state index < -0.39 is 11.6 Å². The van der Waals surface area contributed by atoms with Crippen molar-refractivity contribution in [3.8, 4) is 11.5 Å². The number of hydrogen-bond donors (Lipinski definition) is 2. The fourth-order valence-electron chi connectivity index (χ4n) is 1.78. The molecule has 1 aromatic rings. The summed E-state index contributed by atoms with van der Waals surface area (Å²) in [6, 6.07) is 2.38. The maximum absolute atomic E-state index is 12.0. The zero-order valence-corrected chi connectivity index (χ0v) is 9.39. The molecule has 1 aliphatic carbocycles. The number of carbonyl (C=O) groups excluding carboxylic acids is 2. The number of likely N-dealkylation sites (N-methyl/N-ethyl adjacent to an activating group) is 1. The molecule has 0 saturated heterocycles. The third kappa shape index (κ3) is 1.56. The van der Waals surface area contributed by atoms with Crippen LogP contribution in [0.15, 0.2) is 23.9 Å². The summed E-state index contributed by atoms with van der Waals surface area (Å²) in [6.45, 7) is 0. The van der Waals surface area contributed by atoms with Crippen molar-refractivity contribution >= 4 is 11.6 Å². The van der Waals surface area contributed by atoms with Gasteiger partial charge in [-0.15, -0.1) is 0 Å². The molecule has 0 fully saturated rings. The van der Waals surface area contributed by atoms with Crippen LogP contribution >= 0.6 is 0 Å². The van der Waals surface area contributed by atoms with Gasteiger partial charge in [-0.3, -0.25) is 9.59 Å². The molecule has 1 aromatic carbocycles. The monoisotopic (exact) mass is 233 g/mol. The highest BCUT2D eigenvalue weighted by Gasteiger charge is 2.31. The molecule has 0 bridgehead atoms. The van der Waals surface area contributed by atoms with Crippen molar-refractivity contribution in [3.05, 3.63) is 35.0 Å². The summed E-state index contributed by atoms with van der Waals surface area (Å²) < 4.78 is 0. The van der Waals surface area contributed by atoms with Gasteiger partial charge in [0.05, 0.1) is 16.8 Å². The average molecular weight is 233 g/mol. The standard InChI is InChI=1S/C12H11NO4/c1-13(2)6-5-9(16)10-7(14)3-4-8(15)11(10)12(6)17/h3-5,14-15H,1-2H3. The first kappa shape index (κ1) is 11.2. The number of hydrogen-bond acceptors (Lipinski definition) is 5. The Hall–Kier alpha value is -2.30. The Bertz CT molecular complexity index is 558. The molecule has 0 aromatic heterocycles. The van der Waals surface area contributed by atoms with Gasteiger partial charge >= 0.3 is 0 Å². The maximum Gasteiger partial charge on any atom is 0.213 e. The van der Waals surface area contributed by atoms with Crippen molar-refractivity contribution in [1.82, 2.24) is 4.90 Å². The number of benzene rings is 1. The fourth-order valence-corrected chi connectivity index (χ4v) is 1.78. The molecule has 88 valence electrons. The van der Waals surface area contributed by atoms with Gasteiger partial charge in [-0.25, -0.2) is 0 Å². The number of phenolic OH excluding ortho intramolecular Hbond substituents is 2. The highest BCUT2D eigenvalue weighted by Crippen LogP contribution is 2.34. The molecule has 2 N–H and O–H groups in total. The van der Waals surface area contributed by atoms with Crippen molar-refractivity contribution in [1.29, 1.82) is 0 Å². The predicted molar refractivity (Wildman–Crippen MR) is 60.2 cm³/mol. The van der Waals surface area contributed by atoms with Crippen LogP contribution in [0.1, 0.15) is 20.7 Å². The lowest BCUT2D eigenvalue weighted by molar-refractivity contribution is 0.0957. The second-order valence-electron chi connectivity index (χ2n) is 3.97. The number of ketones is 2. The number of nitrogens with zero attached hydrogens (tertiary/aromatic N) is 1. The average Bonchev–Trinajstić information content (AvgIpc) is 2.26. The van der Waals surface area contributed by atoms with Gasteiger partial charge in [0.15, 0.2) is 5.78 Å². The topological polar surface area (TPSA) is 77.8 Å². The van der Waals surface area contributed by atoms with E-state index in [0.717, 1.165) is 6.08 Å². The highest BCUT2D eigenvalue weighted by atomic mass is 16.3. The van der Waals surface area contributed by atoms with Gasteiger partial charge in [-0.2, -0.15) is 0 Å². The van der Waals surface area contributed by atoms with Gasteiger partial charge in [0.25, 0.3) is 0 Å². The molecular formula is C12H11NO4. The molecule has 5 heteroatoms. The molecule has 0 heterocycles. The molecule has 5 nitrogen and oxygen atoms in total. The summed E-state index contributed by atoms with van der Waals surface area (Å²) in [5.74, 6) is -1.57. The number of carbonyl (C=O) groups is 2. The number of rotatable bonds is 1. The first-order valence-corrected chi connectivity index (χ1v) is 4.96. The minimum absolute atomic E-state index is 0.138. The Morgan fingerprint density at radius 1 is 1.00 bits per heavy atom. The normalized spacial score (nSPS) is 14.4. The van der Waals surface area contributed by atoms with Crippen LogP contribution in [0.25, 0.3) is 0 Å². The Balaban J connectivity index is 2.73. The minimum atomic E-state index is -0.489. The molecule has 0 atom stereocenters. The van der Waals surface area contributed by atoms with Crippen LogP contribution in [0, 0.1) is 0 Å². The zero-order chi connectivity index (χ0) is 12.7. The summed E-state index contributed by atoms with van der Waals surface area (Å²) in [4.78, 5) is 25.3. The van der Waals surface area contributed by atoms with Gasteiger partial charge in [-0.05, 0) is 12.1 Å². The fraction of sp³-hybridized carbons (Fsp3) is 0.167. The minimum Gasteiger partial charge on any atom is -0.507 e. The molecular weight excluding hydrogens is 222 g/mol. The largest absolute Gasteiger partial charge is 0.507 e. The number of aromatic hydroxyl groups is 2. The third-order valence-corrected chi connectivity index (χ3v) is 2.62. The van der Waals surface area contributed by atoms with E-state index in [4.69, 9.17) is 0 Å². The lowest BCUT2D eigenvalue weighted by atomic mass is 9.90. The zero-order valence-electron chi connectivity index (χ0n) is 9.39. The smallest absolute Gasteiger partial charge is 0.213 e.